The van der Waals surface area contributed by atoms with Crippen molar-refractivity contribution in [3.63, 3.8) is 0 Å². The van der Waals surface area contributed by atoms with Crippen molar-refractivity contribution in [3.05, 3.63) is 81.0 Å². The fourth-order valence-corrected chi connectivity index (χ4v) is 3.25. The van der Waals surface area contributed by atoms with Crippen LogP contribution >= 0.6 is 0 Å². The molecule has 0 aliphatic rings. The zero-order valence-electron chi connectivity index (χ0n) is 17.6. The van der Waals surface area contributed by atoms with Gasteiger partial charge in [-0.3, -0.25) is 19.1 Å². The van der Waals surface area contributed by atoms with Gasteiger partial charge in [0.25, 0.3) is 11.5 Å². The van der Waals surface area contributed by atoms with Gasteiger partial charge in [-0.1, -0.05) is 37.6 Å². The number of amides is 1. The highest BCUT2D eigenvalue weighted by Gasteiger charge is 2.24. The number of carbonyl (C=O) groups excluding carboxylic acids is 1. The third-order valence-corrected chi connectivity index (χ3v) is 4.84. The lowest BCUT2D eigenvalue weighted by Crippen LogP contribution is -2.41. The van der Waals surface area contributed by atoms with E-state index in [1.165, 1.54) is 9.47 Å². The van der Waals surface area contributed by atoms with Gasteiger partial charge in [0.1, 0.15) is 17.3 Å². The number of nitrogen functional groups attached to an aromatic ring is 1. The lowest BCUT2D eigenvalue weighted by Gasteiger charge is -2.23. The number of nitrogens with two attached hydrogens (primary N) is 1. The largest absolute Gasteiger partial charge is 0.457 e. The van der Waals surface area contributed by atoms with Gasteiger partial charge >= 0.3 is 5.69 Å². The van der Waals surface area contributed by atoms with E-state index < -0.39 is 17.2 Å². The second-order valence-electron chi connectivity index (χ2n) is 6.99. The highest BCUT2D eigenvalue weighted by Crippen LogP contribution is 2.24. The molecule has 0 aliphatic heterocycles. The maximum atomic E-state index is 13.3. The molecule has 0 unspecified atom stereocenters. The van der Waals surface area contributed by atoms with Crippen molar-refractivity contribution < 1.29 is 9.53 Å². The Morgan fingerprint density at radius 3 is 2.45 bits per heavy atom. The molecule has 0 fully saturated rings. The summed E-state index contributed by atoms with van der Waals surface area (Å²) >= 11 is 0. The van der Waals surface area contributed by atoms with Gasteiger partial charge in [0.15, 0.2) is 5.69 Å². The smallest absolute Gasteiger partial charge is 0.330 e. The van der Waals surface area contributed by atoms with Crippen LogP contribution in [0.5, 0.6) is 11.5 Å². The number of rotatable bonds is 8. The van der Waals surface area contributed by atoms with Crippen molar-refractivity contribution in [1.82, 2.24) is 9.55 Å². The normalized spacial score (nSPS) is 10.6. The first-order chi connectivity index (χ1) is 15.0. The van der Waals surface area contributed by atoms with E-state index in [4.69, 9.17) is 10.5 Å². The second-order valence-corrected chi connectivity index (χ2v) is 6.99. The molecule has 2 aromatic carbocycles. The van der Waals surface area contributed by atoms with Crippen molar-refractivity contribution >= 4 is 17.4 Å². The van der Waals surface area contributed by atoms with Gasteiger partial charge in [0, 0.05) is 18.7 Å². The number of nitrogens with zero attached hydrogens (tertiary/aromatic N) is 2. The van der Waals surface area contributed by atoms with Gasteiger partial charge in [-0.25, -0.2) is 4.79 Å². The molecule has 1 heterocycles. The summed E-state index contributed by atoms with van der Waals surface area (Å²) in [6, 6.07) is 15.9. The lowest BCUT2D eigenvalue weighted by molar-refractivity contribution is 0.0987. The Morgan fingerprint density at radius 2 is 1.77 bits per heavy atom. The van der Waals surface area contributed by atoms with E-state index in [1.807, 2.05) is 37.3 Å². The van der Waals surface area contributed by atoms with Crippen LogP contribution in [0.15, 0.2) is 64.2 Å². The molecule has 0 radical (unpaired) electrons. The number of aromatic amines is 1. The standard InChI is InChI=1S/C23H26N4O4/c1-3-5-14-27-20(24)19(21(28)25-23(27)30)26(4-2)22(29)16-10-9-13-18(15-16)31-17-11-7-6-8-12-17/h6-13,15H,3-5,14,24H2,1-2H3,(H,25,28,30). The molecule has 0 spiro atoms. The summed E-state index contributed by atoms with van der Waals surface area (Å²) in [5.74, 6) is 0.694. The zero-order chi connectivity index (χ0) is 22.4. The summed E-state index contributed by atoms with van der Waals surface area (Å²) in [4.78, 5) is 41.6. The quantitative estimate of drug-likeness (QED) is 0.578. The maximum Gasteiger partial charge on any atom is 0.330 e. The Bertz CT molecular complexity index is 1170. The molecule has 0 aliphatic carbocycles. The fourth-order valence-electron chi connectivity index (χ4n) is 3.25. The molecule has 0 saturated heterocycles. The van der Waals surface area contributed by atoms with Crippen LogP contribution in [-0.4, -0.2) is 22.0 Å². The summed E-state index contributed by atoms with van der Waals surface area (Å²) in [7, 11) is 0. The Kier molecular flexibility index (Phi) is 6.92. The van der Waals surface area contributed by atoms with E-state index in [0.29, 0.717) is 30.0 Å². The molecule has 3 aromatic rings. The van der Waals surface area contributed by atoms with Gasteiger partial charge in [0.2, 0.25) is 0 Å². The first-order valence-electron chi connectivity index (χ1n) is 10.2. The first-order valence-corrected chi connectivity index (χ1v) is 10.2. The van der Waals surface area contributed by atoms with Gasteiger partial charge < -0.3 is 15.4 Å². The SMILES string of the molecule is CCCCn1c(N)c(N(CC)C(=O)c2cccc(Oc3ccccc3)c2)c(=O)[nH]c1=O. The monoisotopic (exact) mass is 422 g/mol. The van der Waals surface area contributed by atoms with Crippen LogP contribution in [0.3, 0.4) is 0 Å². The number of ether oxygens (including phenoxy) is 1. The van der Waals surface area contributed by atoms with Gasteiger partial charge in [-0.15, -0.1) is 0 Å². The molecule has 0 bridgehead atoms. The van der Waals surface area contributed by atoms with E-state index in [1.54, 1.807) is 31.2 Å². The number of nitrogens with one attached hydrogen (secondary N) is 1. The van der Waals surface area contributed by atoms with Gasteiger partial charge in [-0.05, 0) is 43.7 Å². The van der Waals surface area contributed by atoms with Crippen LogP contribution in [0.2, 0.25) is 0 Å². The summed E-state index contributed by atoms with van der Waals surface area (Å²) in [5.41, 5.74) is 5.20. The predicted octanol–water partition coefficient (Wildman–Crippen LogP) is 3.38. The summed E-state index contributed by atoms with van der Waals surface area (Å²) in [6.45, 7) is 4.28. The molecule has 8 heteroatoms. The fraction of sp³-hybridized carbons (Fsp3) is 0.261. The molecule has 1 amide bonds. The summed E-state index contributed by atoms with van der Waals surface area (Å²) in [6.07, 6.45) is 1.57. The van der Waals surface area contributed by atoms with E-state index in [2.05, 4.69) is 4.98 Å². The molecule has 31 heavy (non-hydrogen) atoms. The minimum Gasteiger partial charge on any atom is -0.457 e. The maximum absolute atomic E-state index is 13.3. The molecule has 0 atom stereocenters. The number of anilines is 2. The number of carbonyl (C=O) groups is 1. The van der Waals surface area contributed by atoms with Crippen molar-refractivity contribution in [3.8, 4) is 11.5 Å². The zero-order valence-corrected chi connectivity index (χ0v) is 17.6. The first kappa shape index (κ1) is 21.9. The van der Waals surface area contributed by atoms with Crippen LogP contribution in [0.25, 0.3) is 0 Å². The molecular weight excluding hydrogens is 396 g/mol. The Labute approximate surface area is 179 Å². The number of unbranched alkanes of at least 4 members (excludes halogenated alkanes) is 1. The summed E-state index contributed by atoms with van der Waals surface area (Å²) < 4.78 is 7.10. The summed E-state index contributed by atoms with van der Waals surface area (Å²) in [5, 5.41) is 0. The molecule has 162 valence electrons. The van der Waals surface area contributed by atoms with Crippen molar-refractivity contribution in [2.45, 2.75) is 33.2 Å². The molecule has 0 saturated carbocycles. The van der Waals surface area contributed by atoms with Crippen LogP contribution in [0, 0.1) is 0 Å². The Balaban J connectivity index is 1.96. The van der Waals surface area contributed by atoms with Crippen molar-refractivity contribution in [2.24, 2.45) is 0 Å². The van der Waals surface area contributed by atoms with Gasteiger partial charge in [-0.2, -0.15) is 0 Å². The van der Waals surface area contributed by atoms with E-state index in [0.717, 1.165) is 6.42 Å². The molecule has 3 N–H and O–H groups in total. The van der Waals surface area contributed by atoms with E-state index >= 15 is 0 Å². The molecular formula is C23H26N4O4. The number of benzene rings is 2. The average molecular weight is 422 g/mol. The van der Waals surface area contributed by atoms with E-state index in [-0.39, 0.29) is 18.1 Å². The number of H-pyrrole nitrogens is 1. The lowest BCUT2D eigenvalue weighted by atomic mass is 10.1. The minimum absolute atomic E-state index is 0.0194. The number of aromatic nitrogens is 2. The predicted molar refractivity (Wildman–Crippen MR) is 121 cm³/mol. The van der Waals surface area contributed by atoms with E-state index in [9.17, 15) is 14.4 Å². The minimum atomic E-state index is -0.692. The topological polar surface area (TPSA) is 110 Å². The van der Waals surface area contributed by atoms with Crippen LogP contribution in [0.1, 0.15) is 37.0 Å². The van der Waals surface area contributed by atoms with Crippen molar-refractivity contribution in [2.75, 3.05) is 17.2 Å². The second kappa shape index (κ2) is 9.80. The van der Waals surface area contributed by atoms with Crippen molar-refractivity contribution in [1.29, 1.82) is 0 Å². The third kappa shape index (κ3) is 4.85. The van der Waals surface area contributed by atoms with Gasteiger partial charge in [0.05, 0.1) is 0 Å². The number of para-hydroxylation sites is 1. The molecule has 3 rings (SSSR count). The third-order valence-electron chi connectivity index (χ3n) is 4.84. The van der Waals surface area contributed by atoms with Crippen LogP contribution < -0.4 is 26.6 Å². The van der Waals surface area contributed by atoms with Crippen LogP contribution in [0.4, 0.5) is 11.5 Å². The highest BCUT2D eigenvalue weighted by molar-refractivity contribution is 6.07. The average Bonchev–Trinajstić information content (AvgIpc) is 2.77. The molecule has 8 nitrogen and oxygen atoms in total. The molecule has 1 aromatic heterocycles. The Hall–Kier alpha value is -3.81. The number of hydrogen-bond donors (Lipinski definition) is 2. The highest BCUT2D eigenvalue weighted by atomic mass is 16.5. The van der Waals surface area contributed by atoms with Crippen LogP contribution in [-0.2, 0) is 6.54 Å². The number of hydrogen-bond acceptors (Lipinski definition) is 5. The Morgan fingerprint density at radius 1 is 1.06 bits per heavy atom.